The minimum absolute atomic E-state index is 0.334. The summed E-state index contributed by atoms with van der Waals surface area (Å²) >= 11 is 0. The monoisotopic (exact) mass is 274 g/mol. The van der Waals surface area contributed by atoms with Gasteiger partial charge in [0.1, 0.15) is 0 Å². The minimum Gasteiger partial charge on any atom is -0.374 e. The normalized spacial score (nSPS) is 31.0. The standard InChI is InChI=1S/C17H26N2O/c1-13-7-8-17(16-6-4-3-5-15(13)16)19-9-10-20-14(12-19)11-18-2/h3-6,13-14,17-18H,7-12H2,1-2H3. The number of nitrogens with one attached hydrogen (secondary N) is 1. The maximum Gasteiger partial charge on any atom is 0.0826 e. The fourth-order valence-corrected chi connectivity index (χ4v) is 3.74. The van der Waals surface area contributed by atoms with Crippen molar-refractivity contribution in [1.82, 2.24) is 10.2 Å². The highest BCUT2D eigenvalue weighted by Crippen LogP contribution is 2.40. The predicted molar refractivity (Wildman–Crippen MR) is 82.1 cm³/mol. The Hall–Kier alpha value is -0.900. The average Bonchev–Trinajstić information content (AvgIpc) is 2.49. The molecular formula is C17H26N2O. The Morgan fingerprint density at radius 3 is 2.85 bits per heavy atom. The van der Waals surface area contributed by atoms with E-state index in [9.17, 15) is 0 Å². The number of ether oxygens (including phenoxy) is 1. The van der Waals surface area contributed by atoms with E-state index in [1.807, 2.05) is 7.05 Å². The molecule has 3 atom stereocenters. The van der Waals surface area contributed by atoms with Crippen LogP contribution in [0.15, 0.2) is 24.3 Å². The van der Waals surface area contributed by atoms with Crippen molar-refractivity contribution < 1.29 is 4.74 Å². The van der Waals surface area contributed by atoms with Crippen molar-refractivity contribution in [3.05, 3.63) is 35.4 Å². The fourth-order valence-electron chi connectivity index (χ4n) is 3.74. The first-order valence-electron chi connectivity index (χ1n) is 7.88. The van der Waals surface area contributed by atoms with Gasteiger partial charge in [-0.1, -0.05) is 31.2 Å². The van der Waals surface area contributed by atoms with Crippen LogP contribution in [0.25, 0.3) is 0 Å². The number of likely N-dealkylation sites (N-methyl/N-ethyl adjacent to an activating group) is 1. The number of benzene rings is 1. The second kappa shape index (κ2) is 6.25. The van der Waals surface area contributed by atoms with Gasteiger partial charge in [0.05, 0.1) is 12.7 Å². The highest BCUT2D eigenvalue weighted by molar-refractivity contribution is 5.35. The van der Waals surface area contributed by atoms with E-state index in [0.717, 1.165) is 26.2 Å². The molecule has 1 aliphatic heterocycles. The smallest absolute Gasteiger partial charge is 0.0826 e. The summed E-state index contributed by atoms with van der Waals surface area (Å²) in [5, 5.41) is 3.24. The molecule has 1 aromatic carbocycles. The Morgan fingerprint density at radius 1 is 1.25 bits per heavy atom. The molecule has 1 aromatic rings. The molecule has 0 spiro atoms. The minimum atomic E-state index is 0.334. The third kappa shape index (κ3) is 2.76. The van der Waals surface area contributed by atoms with Gasteiger partial charge in [0.2, 0.25) is 0 Å². The van der Waals surface area contributed by atoms with Crippen LogP contribution < -0.4 is 5.32 Å². The molecule has 2 aliphatic rings. The largest absolute Gasteiger partial charge is 0.374 e. The zero-order chi connectivity index (χ0) is 13.9. The van der Waals surface area contributed by atoms with Crippen molar-refractivity contribution in [3.8, 4) is 0 Å². The van der Waals surface area contributed by atoms with E-state index in [2.05, 4.69) is 41.4 Å². The lowest BCUT2D eigenvalue weighted by atomic mass is 9.80. The summed E-state index contributed by atoms with van der Waals surface area (Å²) in [6.07, 6.45) is 2.92. The maximum atomic E-state index is 5.84. The van der Waals surface area contributed by atoms with Crippen LogP contribution in [0.1, 0.15) is 42.9 Å². The number of nitrogens with zero attached hydrogens (tertiary/aromatic N) is 1. The quantitative estimate of drug-likeness (QED) is 0.917. The Bertz CT molecular complexity index is 446. The van der Waals surface area contributed by atoms with Crippen molar-refractivity contribution in [2.75, 3.05) is 33.3 Å². The summed E-state index contributed by atoms with van der Waals surface area (Å²) < 4.78 is 5.84. The van der Waals surface area contributed by atoms with E-state index in [4.69, 9.17) is 4.74 Å². The average molecular weight is 274 g/mol. The first-order chi connectivity index (χ1) is 9.79. The molecule has 1 heterocycles. The lowest BCUT2D eigenvalue weighted by Crippen LogP contribution is -2.48. The molecule has 0 saturated carbocycles. The summed E-state index contributed by atoms with van der Waals surface area (Å²) in [6.45, 7) is 6.28. The van der Waals surface area contributed by atoms with Crippen molar-refractivity contribution in [3.63, 3.8) is 0 Å². The van der Waals surface area contributed by atoms with Crippen LogP contribution in [-0.4, -0.2) is 44.3 Å². The van der Waals surface area contributed by atoms with Gasteiger partial charge in [-0.15, -0.1) is 0 Å². The zero-order valence-corrected chi connectivity index (χ0v) is 12.6. The maximum absolute atomic E-state index is 5.84. The Balaban J connectivity index is 1.79. The third-order valence-corrected chi connectivity index (χ3v) is 4.80. The van der Waals surface area contributed by atoms with Gasteiger partial charge in [0.15, 0.2) is 0 Å². The molecule has 3 nitrogen and oxygen atoms in total. The highest BCUT2D eigenvalue weighted by atomic mass is 16.5. The van der Waals surface area contributed by atoms with Crippen molar-refractivity contribution in [2.45, 2.75) is 37.8 Å². The first kappa shape index (κ1) is 14.1. The number of hydrogen-bond acceptors (Lipinski definition) is 3. The second-order valence-electron chi connectivity index (χ2n) is 6.17. The Morgan fingerprint density at radius 2 is 2.05 bits per heavy atom. The third-order valence-electron chi connectivity index (χ3n) is 4.80. The summed E-state index contributed by atoms with van der Waals surface area (Å²) in [5.74, 6) is 0.705. The van der Waals surface area contributed by atoms with Gasteiger partial charge in [0.25, 0.3) is 0 Å². The van der Waals surface area contributed by atoms with Crippen molar-refractivity contribution >= 4 is 0 Å². The predicted octanol–water partition coefficient (Wildman–Crippen LogP) is 2.55. The number of morpholine rings is 1. The van der Waals surface area contributed by atoms with Crippen LogP contribution >= 0.6 is 0 Å². The van der Waals surface area contributed by atoms with Gasteiger partial charge in [0, 0.05) is 25.7 Å². The fraction of sp³-hybridized carbons (Fsp3) is 0.647. The lowest BCUT2D eigenvalue weighted by molar-refractivity contribution is -0.0445. The lowest BCUT2D eigenvalue weighted by Gasteiger charge is -2.42. The van der Waals surface area contributed by atoms with Gasteiger partial charge in [-0.3, -0.25) is 4.90 Å². The zero-order valence-electron chi connectivity index (χ0n) is 12.6. The van der Waals surface area contributed by atoms with Gasteiger partial charge in [-0.25, -0.2) is 0 Å². The molecule has 0 aromatic heterocycles. The van der Waals surface area contributed by atoms with Gasteiger partial charge in [-0.05, 0) is 36.9 Å². The van der Waals surface area contributed by atoms with Crippen LogP contribution in [0.5, 0.6) is 0 Å². The molecule has 1 aliphatic carbocycles. The van der Waals surface area contributed by atoms with Gasteiger partial charge in [-0.2, -0.15) is 0 Å². The van der Waals surface area contributed by atoms with Gasteiger partial charge >= 0.3 is 0 Å². The number of rotatable bonds is 3. The van der Waals surface area contributed by atoms with E-state index in [-0.39, 0.29) is 0 Å². The molecule has 1 saturated heterocycles. The summed E-state index contributed by atoms with van der Waals surface area (Å²) in [6, 6.07) is 9.61. The van der Waals surface area contributed by atoms with Crippen LogP contribution in [0, 0.1) is 0 Å². The van der Waals surface area contributed by atoms with E-state index >= 15 is 0 Å². The van der Waals surface area contributed by atoms with Crippen LogP contribution in [0.4, 0.5) is 0 Å². The van der Waals surface area contributed by atoms with Crippen LogP contribution in [0.2, 0.25) is 0 Å². The van der Waals surface area contributed by atoms with Crippen LogP contribution in [0.3, 0.4) is 0 Å². The van der Waals surface area contributed by atoms with Crippen molar-refractivity contribution in [2.24, 2.45) is 0 Å². The molecule has 0 bridgehead atoms. The first-order valence-corrected chi connectivity index (χ1v) is 7.88. The molecule has 0 radical (unpaired) electrons. The molecule has 1 fully saturated rings. The summed E-state index contributed by atoms with van der Waals surface area (Å²) in [4.78, 5) is 2.64. The van der Waals surface area contributed by atoms with E-state index in [1.165, 1.54) is 12.8 Å². The van der Waals surface area contributed by atoms with E-state index in [0.29, 0.717) is 18.1 Å². The topological polar surface area (TPSA) is 24.5 Å². The SMILES string of the molecule is CNCC1CN(C2CCC(C)c3ccccc32)CCO1. The van der Waals surface area contributed by atoms with Crippen LogP contribution in [-0.2, 0) is 4.74 Å². The number of fused-ring (bicyclic) bond motifs is 1. The van der Waals surface area contributed by atoms with E-state index < -0.39 is 0 Å². The number of hydrogen-bond donors (Lipinski definition) is 1. The molecule has 3 heteroatoms. The molecule has 1 N–H and O–H groups in total. The van der Waals surface area contributed by atoms with E-state index in [1.54, 1.807) is 11.1 Å². The van der Waals surface area contributed by atoms with Gasteiger partial charge < -0.3 is 10.1 Å². The molecule has 3 rings (SSSR count). The molecular weight excluding hydrogens is 248 g/mol. The Labute approximate surface area is 122 Å². The Kier molecular flexibility index (Phi) is 4.39. The highest BCUT2D eigenvalue weighted by Gasteiger charge is 2.31. The summed E-state index contributed by atoms with van der Waals surface area (Å²) in [7, 11) is 2.00. The molecule has 0 amide bonds. The molecule has 110 valence electrons. The van der Waals surface area contributed by atoms with Crippen molar-refractivity contribution in [1.29, 1.82) is 0 Å². The molecule has 20 heavy (non-hydrogen) atoms. The second-order valence-corrected chi connectivity index (χ2v) is 6.17. The molecule has 3 unspecified atom stereocenters. The summed E-state index contributed by atoms with van der Waals surface area (Å²) in [5.41, 5.74) is 3.11.